The van der Waals surface area contributed by atoms with Crippen LogP contribution in [0.5, 0.6) is 5.75 Å². The first kappa shape index (κ1) is 18.5. The van der Waals surface area contributed by atoms with Crippen LogP contribution in [0.1, 0.15) is 42.6 Å². The number of nitrogens with zero attached hydrogens (tertiary/aromatic N) is 1. The highest BCUT2D eigenvalue weighted by molar-refractivity contribution is 5.86. The molecule has 1 heterocycles. The summed E-state index contributed by atoms with van der Waals surface area (Å²) < 4.78 is 15.2. The van der Waals surface area contributed by atoms with E-state index < -0.39 is 17.6 Å². The summed E-state index contributed by atoms with van der Waals surface area (Å²) in [5.74, 6) is -0.352. The van der Waals surface area contributed by atoms with Gasteiger partial charge in [-0.3, -0.25) is 4.79 Å². The SMILES string of the molecule is COC(=O)c1cc(C(C)(C)NC(=O)[C@@H](C)Oc2ccc(C)cc2)no1. The van der Waals surface area contributed by atoms with Gasteiger partial charge in [-0.05, 0) is 39.8 Å². The molecule has 1 aromatic heterocycles. The van der Waals surface area contributed by atoms with Gasteiger partial charge in [-0.2, -0.15) is 0 Å². The summed E-state index contributed by atoms with van der Waals surface area (Å²) in [4.78, 5) is 23.9. The van der Waals surface area contributed by atoms with Gasteiger partial charge in [0.1, 0.15) is 11.4 Å². The smallest absolute Gasteiger partial charge is 0.376 e. The van der Waals surface area contributed by atoms with Gasteiger partial charge in [-0.25, -0.2) is 4.79 Å². The van der Waals surface area contributed by atoms with E-state index in [1.54, 1.807) is 20.8 Å². The minimum Gasteiger partial charge on any atom is -0.481 e. The van der Waals surface area contributed by atoms with Crippen LogP contribution in [-0.2, 0) is 15.1 Å². The van der Waals surface area contributed by atoms with Crippen LogP contribution in [0.4, 0.5) is 0 Å². The average Bonchev–Trinajstić information content (AvgIpc) is 3.06. The van der Waals surface area contributed by atoms with Gasteiger partial charge in [0, 0.05) is 6.07 Å². The third kappa shape index (κ3) is 4.59. The van der Waals surface area contributed by atoms with Gasteiger partial charge >= 0.3 is 5.97 Å². The van der Waals surface area contributed by atoms with E-state index >= 15 is 0 Å². The van der Waals surface area contributed by atoms with E-state index in [0.717, 1.165) is 5.56 Å². The zero-order chi connectivity index (χ0) is 18.6. The number of aryl methyl sites for hydroxylation is 1. The van der Waals surface area contributed by atoms with Gasteiger partial charge in [0.25, 0.3) is 5.91 Å². The zero-order valence-corrected chi connectivity index (χ0v) is 15.0. The van der Waals surface area contributed by atoms with Crippen LogP contribution in [0.25, 0.3) is 0 Å². The fourth-order valence-electron chi connectivity index (χ4n) is 2.11. The number of nitrogens with one attached hydrogen (secondary N) is 1. The van der Waals surface area contributed by atoms with E-state index in [2.05, 4.69) is 15.2 Å². The van der Waals surface area contributed by atoms with Gasteiger partial charge in [0.2, 0.25) is 5.76 Å². The number of amides is 1. The van der Waals surface area contributed by atoms with Crippen LogP contribution in [-0.4, -0.2) is 30.2 Å². The largest absolute Gasteiger partial charge is 0.481 e. The number of rotatable bonds is 6. The summed E-state index contributed by atoms with van der Waals surface area (Å²) in [6, 6.07) is 8.88. The van der Waals surface area contributed by atoms with E-state index in [1.807, 2.05) is 31.2 Å². The Labute approximate surface area is 146 Å². The number of hydrogen-bond acceptors (Lipinski definition) is 6. The summed E-state index contributed by atoms with van der Waals surface area (Å²) in [5, 5.41) is 6.67. The molecule has 2 aromatic rings. The molecule has 1 aromatic carbocycles. The maximum atomic E-state index is 12.4. The van der Waals surface area contributed by atoms with Gasteiger partial charge in [-0.15, -0.1) is 0 Å². The summed E-state index contributed by atoms with van der Waals surface area (Å²) in [7, 11) is 1.25. The first-order chi connectivity index (χ1) is 11.7. The highest BCUT2D eigenvalue weighted by Gasteiger charge is 2.30. The van der Waals surface area contributed by atoms with E-state index in [0.29, 0.717) is 11.4 Å². The molecule has 134 valence electrons. The van der Waals surface area contributed by atoms with Gasteiger partial charge in [0.05, 0.1) is 12.6 Å². The van der Waals surface area contributed by atoms with Gasteiger partial charge in [-0.1, -0.05) is 22.9 Å². The molecular formula is C18H22N2O5. The fraction of sp³-hybridized carbons (Fsp3) is 0.389. The standard InChI is InChI=1S/C18H22N2O5/c1-11-6-8-13(9-7-11)24-12(2)16(21)19-18(3,4)15-10-14(25-20-15)17(22)23-5/h6-10,12H,1-5H3,(H,19,21)/t12-/m1/s1. The van der Waals surface area contributed by atoms with E-state index in [-0.39, 0.29) is 11.7 Å². The first-order valence-corrected chi connectivity index (χ1v) is 7.84. The molecular weight excluding hydrogens is 324 g/mol. The molecule has 0 saturated heterocycles. The van der Waals surface area contributed by atoms with Gasteiger partial charge in [0.15, 0.2) is 6.10 Å². The molecule has 7 nitrogen and oxygen atoms in total. The lowest BCUT2D eigenvalue weighted by Gasteiger charge is -2.25. The molecule has 0 radical (unpaired) electrons. The number of aromatic nitrogens is 1. The molecule has 0 fully saturated rings. The van der Waals surface area contributed by atoms with Crippen LogP contribution in [0.2, 0.25) is 0 Å². The molecule has 1 N–H and O–H groups in total. The van der Waals surface area contributed by atoms with Crippen molar-refractivity contribution in [2.45, 2.75) is 39.3 Å². The van der Waals surface area contributed by atoms with Crippen molar-refractivity contribution in [2.75, 3.05) is 7.11 Å². The second-order valence-electron chi connectivity index (χ2n) is 6.26. The second kappa shape index (κ2) is 7.38. The van der Waals surface area contributed by atoms with Crippen LogP contribution < -0.4 is 10.1 Å². The minimum absolute atomic E-state index is 0.0243. The Kier molecular flexibility index (Phi) is 5.46. The normalized spacial score (nSPS) is 12.4. The molecule has 25 heavy (non-hydrogen) atoms. The highest BCUT2D eigenvalue weighted by atomic mass is 16.5. The molecule has 0 spiro atoms. The molecule has 1 amide bonds. The molecule has 0 unspecified atom stereocenters. The molecule has 0 bridgehead atoms. The van der Waals surface area contributed by atoms with Gasteiger partial charge < -0.3 is 19.3 Å². The van der Waals surface area contributed by atoms with Crippen molar-refractivity contribution in [3.8, 4) is 5.75 Å². The molecule has 1 atom stereocenters. The zero-order valence-electron chi connectivity index (χ0n) is 15.0. The Morgan fingerprint density at radius 2 is 1.88 bits per heavy atom. The van der Waals surface area contributed by atoms with Crippen LogP contribution in [0.15, 0.2) is 34.9 Å². The van der Waals surface area contributed by atoms with Crippen molar-refractivity contribution in [3.05, 3.63) is 47.3 Å². The molecule has 7 heteroatoms. The maximum Gasteiger partial charge on any atom is 0.376 e. The summed E-state index contributed by atoms with van der Waals surface area (Å²) in [5.41, 5.74) is 0.666. The molecule has 0 aliphatic carbocycles. The van der Waals surface area contributed by atoms with Crippen molar-refractivity contribution in [1.29, 1.82) is 0 Å². The lowest BCUT2D eigenvalue weighted by Crippen LogP contribution is -2.46. The van der Waals surface area contributed by atoms with E-state index in [9.17, 15) is 9.59 Å². The van der Waals surface area contributed by atoms with E-state index in [4.69, 9.17) is 9.26 Å². The fourth-order valence-corrected chi connectivity index (χ4v) is 2.11. The predicted molar refractivity (Wildman–Crippen MR) is 90.3 cm³/mol. The lowest BCUT2D eigenvalue weighted by molar-refractivity contribution is -0.129. The summed E-state index contributed by atoms with van der Waals surface area (Å²) in [6.45, 7) is 7.14. The minimum atomic E-state index is -0.849. The Morgan fingerprint density at radius 1 is 1.24 bits per heavy atom. The lowest BCUT2D eigenvalue weighted by atomic mass is 10.00. The van der Waals surface area contributed by atoms with Crippen LogP contribution in [0.3, 0.4) is 0 Å². The topological polar surface area (TPSA) is 90.7 Å². The third-order valence-electron chi connectivity index (χ3n) is 3.68. The molecule has 0 aliphatic rings. The Morgan fingerprint density at radius 3 is 2.48 bits per heavy atom. The molecule has 2 rings (SSSR count). The third-order valence-corrected chi connectivity index (χ3v) is 3.68. The molecule has 0 aliphatic heterocycles. The number of esters is 1. The van der Waals surface area contributed by atoms with Crippen molar-refractivity contribution in [1.82, 2.24) is 10.5 Å². The Balaban J connectivity index is 2.03. The number of benzene rings is 1. The van der Waals surface area contributed by atoms with Crippen molar-refractivity contribution in [2.24, 2.45) is 0 Å². The second-order valence-corrected chi connectivity index (χ2v) is 6.26. The predicted octanol–water partition coefficient (Wildman–Crippen LogP) is 2.59. The monoisotopic (exact) mass is 346 g/mol. The van der Waals surface area contributed by atoms with E-state index in [1.165, 1.54) is 13.2 Å². The summed E-state index contributed by atoms with van der Waals surface area (Å²) in [6.07, 6.45) is -0.700. The highest BCUT2D eigenvalue weighted by Crippen LogP contribution is 2.21. The van der Waals surface area contributed by atoms with Crippen molar-refractivity contribution in [3.63, 3.8) is 0 Å². The number of ether oxygens (including phenoxy) is 2. The number of carbonyl (C=O) groups is 2. The quantitative estimate of drug-likeness (QED) is 0.809. The maximum absolute atomic E-state index is 12.4. The van der Waals surface area contributed by atoms with Crippen LogP contribution in [0, 0.1) is 6.92 Å². The Hall–Kier alpha value is -2.83. The van der Waals surface area contributed by atoms with Crippen molar-refractivity contribution >= 4 is 11.9 Å². The number of carbonyl (C=O) groups excluding carboxylic acids is 2. The number of methoxy groups -OCH3 is 1. The summed E-state index contributed by atoms with van der Waals surface area (Å²) >= 11 is 0. The van der Waals surface area contributed by atoms with Crippen LogP contribution >= 0.6 is 0 Å². The average molecular weight is 346 g/mol. The molecule has 0 saturated carbocycles. The van der Waals surface area contributed by atoms with Crippen molar-refractivity contribution < 1.29 is 23.6 Å². The first-order valence-electron chi connectivity index (χ1n) is 7.84. The number of hydrogen-bond donors (Lipinski definition) is 1. The Bertz CT molecular complexity index is 749.